The Bertz CT molecular complexity index is 1250. The van der Waals surface area contributed by atoms with E-state index in [0.29, 0.717) is 24.1 Å². The highest BCUT2D eigenvalue weighted by Gasteiger charge is 2.57. The van der Waals surface area contributed by atoms with E-state index in [9.17, 15) is 14.4 Å². The van der Waals surface area contributed by atoms with Crippen LogP contribution in [0.5, 0.6) is 0 Å². The van der Waals surface area contributed by atoms with E-state index in [1.54, 1.807) is 4.90 Å². The predicted octanol–water partition coefficient (Wildman–Crippen LogP) is 3.90. The molecule has 4 saturated carbocycles. The van der Waals surface area contributed by atoms with Crippen molar-refractivity contribution >= 4 is 17.7 Å². The summed E-state index contributed by atoms with van der Waals surface area (Å²) in [6.45, 7) is 1.40. The predicted molar refractivity (Wildman–Crippen MR) is 139 cm³/mol. The fourth-order valence-corrected chi connectivity index (χ4v) is 8.35. The van der Waals surface area contributed by atoms with Crippen LogP contribution in [0.1, 0.15) is 77.6 Å². The van der Waals surface area contributed by atoms with Crippen molar-refractivity contribution in [1.29, 1.82) is 0 Å². The molecule has 0 aromatic heterocycles. The average molecular weight is 498 g/mol. The number of nitrogens with one attached hydrogen (secondary N) is 2. The summed E-state index contributed by atoms with van der Waals surface area (Å²) < 4.78 is 0. The van der Waals surface area contributed by atoms with E-state index in [1.165, 1.54) is 43.2 Å². The zero-order valence-electron chi connectivity index (χ0n) is 21.3. The summed E-state index contributed by atoms with van der Waals surface area (Å²) >= 11 is 0. The molecule has 0 radical (unpaired) electrons. The molecule has 3 unspecified atom stereocenters. The van der Waals surface area contributed by atoms with Crippen LogP contribution >= 0.6 is 0 Å². The van der Waals surface area contributed by atoms with Gasteiger partial charge in [0.2, 0.25) is 11.8 Å². The summed E-state index contributed by atoms with van der Waals surface area (Å²) in [6, 6.07) is 14.4. The Morgan fingerprint density at radius 3 is 2.43 bits per heavy atom. The van der Waals surface area contributed by atoms with Crippen LogP contribution in [-0.2, 0) is 35.5 Å². The monoisotopic (exact) mass is 497 g/mol. The fraction of sp³-hybridized carbons (Fsp3) is 0.516. The Hall–Kier alpha value is -2.99. The van der Waals surface area contributed by atoms with Gasteiger partial charge in [-0.1, -0.05) is 36.4 Å². The summed E-state index contributed by atoms with van der Waals surface area (Å²) in [4.78, 5) is 38.6. The number of benzene rings is 2. The lowest BCUT2D eigenvalue weighted by atomic mass is 9.80. The number of hydrogen-bond acceptors (Lipinski definition) is 4. The maximum Gasteiger partial charge on any atom is 0.255 e. The number of piperidine rings is 1. The third-order valence-electron chi connectivity index (χ3n) is 10.0. The fourth-order valence-electron chi connectivity index (χ4n) is 8.35. The van der Waals surface area contributed by atoms with Gasteiger partial charge in [0.05, 0.1) is 0 Å². The van der Waals surface area contributed by atoms with Crippen LogP contribution in [0.15, 0.2) is 42.5 Å². The molecule has 6 heteroatoms. The Kier molecular flexibility index (Phi) is 5.50. The highest BCUT2D eigenvalue weighted by atomic mass is 16.2. The van der Waals surface area contributed by atoms with Crippen LogP contribution in [0, 0.1) is 17.8 Å². The van der Waals surface area contributed by atoms with Gasteiger partial charge >= 0.3 is 0 Å². The van der Waals surface area contributed by atoms with Crippen LogP contribution in [0.3, 0.4) is 0 Å². The van der Waals surface area contributed by atoms with Crippen LogP contribution in [0.25, 0.3) is 0 Å². The number of hydrogen-bond donors (Lipinski definition) is 2. The first-order chi connectivity index (χ1) is 18.0. The van der Waals surface area contributed by atoms with E-state index in [0.717, 1.165) is 48.3 Å². The minimum Gasteiger partial charge on any atom is -0.322 e. The number of amides is 3. The largest absolute Gasteiger partial charge is 0.322 e. The van der Waals surface area contributed by atoms with E-state index >= 15 is 0 Å². The Labute approximate surface area is 218 Å². The molecule has 0 spiro atoms. The molecular formula is C31H35N3O3. The molecule has 2 aromatic carbocycles. The molecule has 2 heterocycles. The SMILES string of the molecule is O=C1CCC(N2Cc3c(CCc4ccc(CNC56CC7CC(CC5C7)C6)cc4)cccc3C2=O)C(=O)N1. The molecule has 2 aromatic rings. The van der Waals surface area contributed by atoms with Crippen molar-refractivity contribution < 1.29 is 14.4 Å². The van der Waals surface area contributed by atoms with Gasteiger partial charge in [-0.25, -0.2) is 0 Å². The lowest BCUT2D eigenvalue weighted by molar-refractivity contribution is -0.136. The summed E-state index contributed by atoms with van der Waals surface area (Å²) in [7, 11) is 0. The first kappa shape index (κ1) is 23.2. The van der Waals surface area contributed by atoms with Crippen molar-refractivity contribution in [2.75, 3.05) is 0 Å². The summed E-state index contributed by atoms with van der Waals surface area (Å²) in [5.41, 5.74) is 5.95. The number of fused-ring (bicyclic) bond motifs is 1. The van der Waals surface area contributed by atoms with Gasteiger partial charge in [-0.3, -0.25) is 19.7 Å². The van der Waals surface area contributed by atoms with Gasteiger partial charge in [0.15, 0.2) is 0 Å². The van der Waals surface area contributed by atoms with E-state index < -0.39 is 6.04 Å². The molecule has 37 heavy (non-hydrogen) atoms. The van der Waals surface area contributed by atoms with Crippen molar-refractivity contribution in [1.82, 2.24) is 15.5 Å². The Balaban J connectivity index is 0.981. The minimum absolute atomic E-state index is 0.105. The molecule has 5 fully saturated rings. The van der Waals surface area contributed by atoms with Crippen LogP contribution < -0.4 is 10.6 Å². The van der Waals surface area contributed by atoms with Gasteiger partial charge in [0.25, 0.3) is 5.91 Å². The van der Waals surface area contributed by atoms with Crippen molar-refractivity contribution in [2.24, 2.45) is 17.8 Å². The molecule has 6 aliphatic rings. The maximum atomic E-state index is 13.1. The zero-order valence-corrected chi connectivity index (χ0v) is 21.3. The third-order valence-corrected chi connectivity index (χ3v) is 10.0. The first-order valence-corrected chi connectivity index (χ1v) is 14.1. The van der Waals surface area contributed by atoms with Gasteiger partial charge in [-0.05, 0) is 97.4 Å². The standard InChI is InChI=1S/C31H35N3O3/c35-28-11-10-27(29(36)33-28)34-18-26-23(2-1-3-25(26)30(34)37)9-8-19-4-6-20(7-5-19)17-32-31-15-21-12-22(16-31)14-24(31)13-21/h1-7,21-22,24,27,32H,8-18H2,(H,33,35,36). The Morgan fingerprint density at radius 2 is 1.68 bits per heavy atom. The normalized spacial score (nSPS) is 31.8. The molecule has 4 bridgehead atoms. The van der Waals surface area contributed by atoms with Gasteiger partial charge in [-0.2, -0.15) is 0 Å². The van der Waals surface area contributed by atoms with Crippen molar-refractivity contribution in [3.8, 4) is 0 Å². The molecule has 3 atom stereocenters. The Morgan fingerprint density at radius 1 is 0.919 bits per heavy atom. The molecule has 2 aliphatic heterocycles. The number of imide groups is 1. The highest BCUT2D eigenvalue weighted by Crippen LogP contribution is 2.60. The zero-order chi connectivity index (χ0) is 25.1. The van der Waals surface area contributed by atoms with Gasteiger partial charge < -0.3 is 10.2 Å². The highest BCUT2D eigenvalue weighted by molar-refractivity contribution is 6.05. The van der Waals surface area contributed by atoms with E-state index in [4.69, 9.17) is 0 Å². The minimum atomic E-state index is -0.569. The third kappa shape index (κ3) is 4.01. The van der Waals surface area contributed by atoms with Crippen molar-refractivity contribution in [2.45, 2.75) is 82.5 Å². The molecule has 2 N–H and O–H groups in total. The molecule has 192 valence electrons. The number of rotatable bonds is 7. The first-order valence-electron chi connectivity index (χ1n) is 14.1. The van der Waals surface area contributed by atoms with Crippen molar-refractivity contribution in [3.05, 3.63) is 70.3 Å². The second-order valence-electron chi connectivity index (χ2n) is 12.2. The number of carbonyl (C=O) groups excluding carboxylic acids is 3. The summed E-state index contributed by atoms with van der Waals surface area (Å²) in [5.74, 6) is 2.12. The molecule has 6 nitrogen and oxygen atoms in total. The van der Waals surface area contributed by atoms with Gasteiger partial charge in [-0.15, -0.1) is 0 Å². The van der Waals surface area contributed by atoms with Gasteiger partial charge in [0, 0.05) is 30.6 Å². The molecular weight excluding hydrogens is 462 g/mol. The van der Waals surface area contributed by atoms with Gasteiger partial charge in [0.1, 0.15) is 6.04 Å². The maximum absolute atomic E-state index is 13.1. The number of nitrogens with zero attached hydrogens (tertiary/aromatic N) is 1. The van der Waals surface area contributed by atoms with Crippen LogP contribution in [0.2, 0.25) is 0 Å². The van der Waals surface area contributed by atoms with Crippen LogP contribution in [0.4, 0.5) is 0 Å². The number of aryl methyl sites for hydroxylation is 2. The molecule has 4 aliphatic carbocycles. The summed E-state index contributed by atoms with van der Waals surface area (Å²) in [5, 5.41) is 6.38. The number of carbonyl (C=O) groups is 3. The lowest BCUT2D eigenvalue weighted by Crippen LogP contribution is -2.52. The molecule has 1 saturated heterocycles. The van der Waals surface area contributed by atoms with E-state index in [1.807, 2.05) is 12.1 Å². The molecule has 8 rings (SSSR count). The van der Waals surface area contributed by atoms with E-state index in [2.05, 4.69) is 41.0 Å². The lowest BCUT2D eigenvalue weighted by Gasteiger charge is -2.34. The molecule has 3 amide bonds. The van der Waals surface area contributed by atoms with Crippen molar-refractivity contribution in [3.63, 3.8) is 0 Å². The topological polar surface area (TPSA) is 78.5 Å². The van der Waals surface area contributed by atoms with Crippen LogP contribution in [-0.4, -0.2) is 34.2 Å². The second-order valence-corrected chi connectivity index (χ2v) is 12.2. The summed E-state index contributed by atoms with van der Waals surface area (Å²) in [6.07, 6.45) is 9.57. The smallest absolute Gasteiger partial charge is 0.255 e. The average Bonchev–Trinajstić information content (AvgIpc) is 3.44. The second kappa shape index (κ2) is 8.80. The van der Waals surface area contributed by atoms with E-state index in [-0.39, 0.29) is 24.1 Å². The quantitative estimate of drug-likeness (QED) is 0.569.